The molecule has 1 nitrogen and oxygen atoms in total. The highest BCUT2D eigenvalue weighted by Crippen LogP contribution is 2.34. The van der Waals surface area contributed by atoms with E-state index in [0.717, 1.165) is 18.8 Å². The Labute approximate surface area is 124 Å². The SMILES string of the molecule is CCCCOc1cc2ccccc2cc1[S+]1CCCC1. The second-order valence-corrected chi connectivity index (χ2v) is 7.70. The maximum absolute atomic E-state index is 6.11. The van der Waals surface area contributed by atoms with Gasteiger partial charge in [0, 0.05) is 17.0 Å². The first-order valence-corrected chi connectivity index (χ1v) is 9.28. The smallest absolute Gasteiger partial charge is 0.197 e. The van der Waals surface area contributed by atoms with Crippen molar-refractivity contribution in [1.29, 1.82) is 0 Å². The first-order valence-electron chi connectivity index (χ1n) is 7.71. The minimum Gasteiger partial charge on any atom is -0.488 e. The fourth-order valence-electron chi connectivity index (χ4n) is 2.74. The Morgan fingerprint density at radius 3 is 2.45 bits per heavy atom. The predicted molar refractivity (Wildman–Crippen MR) is 89.0 cm³/mol. The van der Waals surface area contributed by atoms with Crippen LogP contribution in [0, 0.1) is 0 Å². The molecule has 1 fully saturated rings. The first-order chi connectivity index (χ1) is 9.88. The molecule has 0 atom stereocenters. The van der Waals surface area contributed by atoms with E-state index in [9.17, 15) is 0 Å². The van der Waals surface area contributed by atoms with Crippen molar-refractivity contribution in [3.63, 3.8) is 0 Å². The summed E-state index contributed by atoms with van der Waals surface area (Å²) in [6.07, 6.45) is 5.09. The molecule has 0 bridgehead atoms. The third-order valence-corrected chi connectivity index (χ3v) is 6.41. The minimum absolute atomic E-state index is 0.411. The fourth-order valence-corrected chi connectivity index (χ4v) is 5.18. The summed E-state index contributed by atoms with van der Waals surface area (Å²) >= 11 is 0. The van der Waals surface area contributed by atoms with E-state index in [1.54, 1.807) is 0 Å². The van der Waals surface area contributed by atoms with E-state index in [1.807, 2.05) is 0 Å². The lowest BCUT2D eigenvalue weighted by Gasteiger charge is -2.11. The van der Waals surface area contributed by atoms with Crippen LogP contribution in [0.2, 0.25) is 0 Å². The molecule has 106 valence electrons. The summed E-state index contributed by atoms with van der Waals surface area (Å²) in [7, 11) is 0.411. The molecule has 0 aliphatic carbocycles. The van der Waals surface area contributed by atoms with E-state index in [0.29, 0.717) is 10.9 Å². The van der Waals surface area contributed by atoms with Crippen molar-refractivity contribution in [1.82, 2.24) is 0 Å². The van der Waals surface area contributed by atoms with Gasteiger partial charge in [-0.25, -0.2) is 0 Å². The zero-order valence-corrected chi connectivity index (χ0v) is 13.0. The van der Waals surface area contributed by atoms with Gasteiger partial charge in [-0.1, -0.05) is 37.6 Å². The lowest BCUT2D eigenvalue weighted by Crippen LogP contribution is -2.08. The van der Waals surface area contributed by atoms with Crippen molar-refractivity contribution in [3.05, 3.63) is 36.4 Å². The highest BCUT2D eigenvalue weighted by atomic mass is 32.2. The third-order valence-electron chi connectivity index (χ3n) is 3.91. The standard InChI is InChI=1S/C18H23OS/c1-2-3-10-19-17-13-15-8-4-5-9-16(15)14-18(17)20-11-6-7-12-20/h4-5,8-9,13-14H,2-3,6-7,10-12H2,1H3/q+1. The van der Waals surface area contributed by atoms with Gasteiger partial charge in [-0.05, 0) is 36.1 Å². The molecule has 1 aliphatic heterocycles. The molecule has 3 rings (SSSR count). The van der Waals surface area contributed by atoms with E-state index in [1.165, 1.54) is 46.4 Å². The van der Waals surface area contributed by atoms with E-state index in [4.69, 9.17) is 4.74 Å². The highest BCUT2D eigenvalue weighted by molar-refractivity contribution is 7.97. The van der Waals surface area contributed by atoms with Crippen LogP contribution in [-0.4, -0.2) is 18.1 Å². The van der Waals surface area contributed by atoms with E-state index in [2.05, 4.69) is 43.3 Å². The van der Waals surface area contributed by atoms with Gasteiger partial charge >= 0.3 is 0 Å². The van der Waals surface area contributed by atoms with Gasteiger partial charge in [0.05, 0.1) is 6.61 Å². The predicted octanol–water partition coefficient (Wildman–Crippen LogP) is 4.79. The third kappa shape index (κ3) is 2.95. The average Bonchev–Trinajstić information content (AvgIpc) is 3.01. The first kappa shape index (κ1) is 13.8. The molecule has 0 amide bonds. The van der Waals surface area contributed by atoms with Crippen LogP contribution in [0.15, 0.2) is 41.3 Å². The van der Waals surface area contributed by atoms with E-state index in [-0.39, 0.29) is 0 Å². The van der Waals surface area contributed by atoms with Crippen LogP contribution >= 0.6 is 0 Å². The van der Waals surface area contributed by atoms with Gasteiger partial charge in [0.15, 0.2) is 10.6 Å². The summed E-state index contributed by atoms with van der Waals surface area (Å²) < 4.78 is 6.11. The number of hydrogen-bond acceptors (Lipinski definition) is 1. The maximum Gasteiger partial charge on any atom is 0.197 e. The molecule has 0 radical (unpaired) electrons. The minimum atomic E-state index is 0.411. The van der Waals surface area contributed by atoms with E-state index < -0.39 is 0 Å². The van der Waals surface area contributed by atoms with Gasteiger partial charge in [-0.2, -0.15) is 0 Å². The van der Waals surface area contributed by atoms with Crippen LogP contribution < -0.4 is 4.74 Å². The van der Waals surface area contributed by atoms with E-state index >= 15 is 0 Å². The molecule has 2 aromatic rings. The van der Waals surface area contributed by atoms with Crippen molar-refractivity contribution in [2.45, 2.75) is 37.5 Å². The number of rotatable bonds is 5. The monoisotopic (exact) mass is 287 g/mol. The topological polar surface area (TPSA) is 9.23 Å². The lowest BCUT2D eigenvalue weighted by atomic mass is 10.1. The summed E-state index contributed by atoms with van der Waals surface area (Å²) in [5.74, 6) is 3.84. The van der Waals surface area contributed by atoms with Gasteiger partial charge in [0.25, 0.3) is 0 Å². The van der Waals surface area contributed by atoms with Crippen molar-refractivity contribution in [3.8, 4) is 5.75 Å². The Hall–Kier alpha value is -1.15. The number of hydrogen-bond donors (Lipinski definition) is 0. The molecule has 0 saturated carbocycles. The zero-order valence-electron chi connectivity index (χ0n) is 12.2. The number of fused-ring (bicyclic) bond motifs is 1. The molecule has 1 saturated heterocycles. The normalized spacial score (nSPS) is 15.8. The van der Waals surface area contributed by atoms with Gasteiger partial charge in [-0.3, -0.25) is 0 Å². The lowest BCUT2D eigenvalue weighted by molar-refractivity contribution is 0.303. The molecule has 1 aliphatic rings. The molecule has 0 unspecified atom stereocenters. The van der Waals surface area contributed by atoms with Crippen LogP contribution in [0.4, 0.5) is 0 Å². The Kier molecular flexibility index (Phi) is 4.51. The number of ether oxygens (including phenoxy) is 1. The highest BCUT2D eigenvalue weighted by Gasteiger charge is 2.30. The number of benzene rings is 2. The molecular weight excluding hydrogens is 264 g/mol. The van der Waals surface area contributed by atoms with Crippen LogP contribution in [0.3, 0.4) is 0 Å². The second-order valence-electron chi connectivity index (χ2n) is 5.46. The zero-order chi connectivity index (χ0) is 13.8. The molecule has 2 aromatic carbocycles. The van der Waals surface area contributed by atoms with Gasteiger partial charge in [0.2, 0.25) is 0 Å². The van der Waals surface area contributed by atoms with Crippen molar-refractivity contribution in [2.75, 3.05) is 18.1 Å². The summed E-state index contributed by atoms with van der Waals surface area (Å²) in [4.78, 5) is 1.47. The fraction of sp³-hybridized carbons (Fsp3) is 0.444. The van der Waals surface area contributed by atoms with Crippen molar-refractivity contribution >= 4 is 21.7 Å². The molecule has 0 N–H and O–H groups in total. The Morgan fingerprint density at radius 2 is 1.75 bits per heavy atom. The summed E-state index contributed by atoms with van der Waals surface area (Å²) in [5.41, 5.74) is 0. The van der Waals surface area contributed by atoms with Crippen molar-refractivity contribution in [2.24, 2.45) is 0 Å². The van der Waals surface area contributed by atoms with Gasteiger partial charge in [0.1, 0.15) is 11.5 Å². The van der Waals surface area contributed by atoms with Crippen LogP contribution in [0.1, 0.15) is 32.6 Å². The largest absolute Gasteiger partial charge is 0.488 e. The van der Waals surface area contributed by atoms with Crippen molar-refractivity contribution < 1.29 is 4.74 Å². The Morgan fingerprint density at radius 1 is 1.05 bits per heavy atom. The average molecular weight is 287 g/mol. The molecule has 0 spiro atoms. The summed E-state index contributed by atoms with van der Waals surface area (Å²) in [6.45, 7) is 3.06. The van der Waals surface area contributed by atoms with Crippen LogP contribution in [0.5, 0.6) is 5.75 Å². The maximum atomic E-state index is 6.11. The quantitative estimate of drug-likeness (QED) is 0.567. The molecule has 20 heavy (non-hydrogen) atoms. The molecule has 1 heterocycles. The Balaban J connectivity index is 1.96. The summed E-state index contributed by atoms with van der Waals surface area (Å²) in [6, 6.07) is 13.3. The number of unbranched alkanes of at least 4 members (excludes halogenated alkanes) is 1. The summed E-state index contributed by atoms with van der Waals surface area (Å²) in [5, 5.41) is 2.65. The molecular formula is C18H23OS+. The van der Waals surface area contributed by atoms with Gasteiger partial charge < -0.3 is 4.74 Å². The molecule has 2 heteroatoms. The molecule has 0 aromatic heterocycles. The second kappa shape index (κ2) is 6.53. The van der Waals surface area contributed by atoms with Gasteiger partial charge in [-0.15, -0.1) is 0 Å². The van der Waals surface area contributed by atoms with Crippen LogP contribution in [0.25, 0.3) is 10.8 Å². The Bertz CT molecular complexity index is 573. The van der Waals surface area contributed by atoms with Crippen LogP contribution in [-0.2, 0) is 10.9 Å².